The first-order chi connectivity index (χ1) is 17.7. The van der Waals surface area contributed by atoms with Crippen molar-refractivity contribution in [3.05, 3.63) is 90.1 Å². The Morgan fingerprint density at radius 1 is 0.811 bits per heavy atom. The molecule has 5 rings (SSSR count). The lowest BCUT2D eigenvalue weighted by Crippen LogP contribution is -2.55. The molecule has 0 bridgehead atoms. The topological polar surface area (TPSA) is 133 Å². The number of carbonyl (C=O) groups excluding carboxylic acids is 3. The number of anilines is 3. The Bertz CT molecular complexity index is 1600. The summed E-state index contributed by atoms with van der Waals surface area (Å²) >= 11 is 5.89. The number of rotatable bonds is 6. The number of imide groups is 2. The lowest BCUT2D eigenvalue weighted by Gasteiger charge is -2.32. The number of halogens is 1. The third kappa shape index (κ3) is 4.82. The van der Waals surface area contributed by atoms with Gasteiger partial charge in [-0.3, -0.25) is 9.59 Å². The predicted octanol–water partition coefficient (Wildman–Crippen LogP) is 4.42. The molecule has 2 N–H and O–H groups in total. The summed E-state index contributed by atoms with van der Waals surface area (Å²) in [6.07, 6.45) is 0.982. The number of urea groups is 1. The van der Waals surface area contributed by atoms with Gasteiger partial charge in [-0.2, -0.15) is 0 Å². The molecule has 0 unspecified atom stereocenters. The number of aromatic amines is 1. The normalized spacial score (nSPS) is 14.2. The van der Waals surface area contributed by atoms with Gasteiger partial charge in [-0.1, -0.05) is 41.9 Å². The van der Waals surface area contributed by atoms with E-state index in [0.717, 1.165) is 15.4 Å². The van der Waals surface area contributed by atoms with Crippen LogP contribution in [0.5, 0.6) is 0 Å². The van der Waals surface area contributed by atoms with Gasteiger partial charge in [0.15, 0.2) is 0 Å². The Morgan fingerprint density at radius 3 is 1.97 bits per heavy atom. The second kappa shape index (κ2) is 9.52. The summed E-state index contributed by atoms with van der Waals surface area (Å²) in [5.74, 6) is -1.37. The van der Waals surface area contributed by atoms with E-state index in [2.05, 4.69) is 14.7 Å². The van der Waals surface area contributed by atoms with Gasteiger partial charge < -0.3 is 4.98 Å². The first-order valence-corrected chi connectivity index (χ1v) is 12.8. The Morgan fingerprint density at radius 2 is 1.38 bits per heavy atom. The van der Waals surface area contributed by atoms with Crippen molar-refractivity contribution in [2.75, 3.05) is 14.5 Å². The predicted molar refractivity (Wildman–Crippen MR) is 138 cm³/mol. The van der Waals surface area contributed by atoms with Crippen LogP contribution >= 0.6 is 11.6 Å². The first-order valence-electron chi connectivity index (χ1n) is 10.9. The number of imidazole rings is 1. The molecule has 0 saturated carbocycles. The summed E-state index contributed by atoms with van der Waals surface area (Å²) in [4.78, 5) is 46.7. The van der Waals surface area contributed by atoms with E-state index < -0.39 is 34.3 Å². The fourth-order valence-corrected chi connectivity index (χ4v) is 4.89. The van der Waals surface area contributed by atoms with Crippen LogP contribution in [0.2, 0.25) is 5.02 Å². The minimum absolute atomic E-state index is 0.0291. The van der Waals surface area contributed by atoms with Gasteiger partial charge in [-0.25, -0.2) is 32.7 Å². The van der Waals surface area contributed by atoms with Crippen molar-refractivity contribution in [3.63, 3.8) is 0 Å². The van der Waals surface area contributed by atoms with E-state index in [1.807, 2.05) is 30.3 Å². The molecule has 1 fully saturated rings. The molecule has 0 atom stereocenters. The standard InChI is InChI=1S/C25H18ClN5O5S/c26-17-6-8-18(9-7-17)30-22(32)14-23(33)31(25(30)34)19-10-12-20(13-11-19)37(35,36)29-24-27-15-21(28-24)16-4-2-1-3-5-16/h1-13,15H,14H2,(H2,27,28,29). The average molecular weight is 536 g/mol. The quantitative estimate of drug-likeness (QED) is 0.351. The molecule has 0 radical (unpaired) electrons. The van der Waals surface area contributed by atoms with Crippen LogP contribution in [0, 0.1) is 0 Å². The Hall–Kier alpha value is -4.48. The monoisotopic (exact) mass is 535 g/mol. The molecule has 10 nitrogen and oxygen atoms in total. The highest BCUT2D eigenvalue weighted by Crippen LogP contribution is 2.28. The third-order valence-electron chi connectivity index (χ3n) is 5.57. The molecule has 37 heavy (non-hydrogen) atoms. The smallest absolute Gasteiger partial charge is 0.323 e. The van der Waals surface area contributed by atoms with E-state index in [0.29, 0.717) is 10.7 Å². The number of hydrogen-bond acceptors (Lipinski definition) is 6. The van der Waals surface area contributed by atoms with Crippen LogP contribution in [0.4, 0.5) is 22.1 Å². The van der Waals surface area contributed by atoms with Gasteiger partial charge in [0.2, 0.25) is 17.8 Å². The molecule has 1 aromatic heterocycles. The number of amides is 4. The molecule has 4 aromatic rings. The minimum Gasteiger partial charge on any atom is -0.323 e. The fourth-order valence-electron chi connectivity index (χ4n) is 3.80. The van der Waals surface area contributed by atoms with Crippen LogP contribution in [-0.2, 0) is 19.6 Å². The highest BCUT2D eigenvalue weighted by atomic mass is 35.5. The summed E-state index contributed by atoms with van der Waals surface area (Å²) in [5.41, 5.74) is 1.85. The summed E-state index contributed by atoms with van der Waals surface area (Å²) in [6, 6.07) is 19.6. The van der Waals surface area contributed by atoms with Gasteiger partial charge in [0.05, 0.1) is 28.2 Å². The van der Waals surface area contributed by atoms with Crippen molar-refractivity contribution in [2.45, 2.75) is 11.3 Å². The number of aromatic nitrogens is 2. The zero-order valence-corrected chi connectivity index (χ0v) is 20.5. The number of H-pyrrole nitrogens is 1. The number of carbonyl (C=O) groups is 3. The Kier molecular flexibility index (Phi) is 6.24. The van der Waals surface area contributed by atoms with Crippen molar-refractivity contribution in [3.8, 4) is 11.3 Å². The van der Waals surface area contributed by atoms with Crippen molar-refractivity contribution in [1.29, 1.82) is 0 Å². The van der Waals surface area contributed by atoms with Crippen molar-refractivity contribution < 1.29 is 22.8 Å². The summed E-state index contributed by atoms with van der Waals surface area (Å²) < 4.78 is 28.2. The summed E-state index contributed by atoms with van der Waals surface area (Å²) in [6.45, 7) is 0. The fraction of sp³-hybridized carbons (Fsp3) is 0.0400. The molecule has 0 spiro atoms. The van der Waals surface area contributed by atoms with Crippen molar-refractivity contribution >= 4 is 56.8 Å². The average Bonchev–Trinajstić information content (AvgIpc) is 3.33. The number of barbiturate groups is 1. The number of sulfonamides is 1. The molecule has 186 valence electrons. The van der Waals surface area contributed by atoms with Gasteiger partial charge >= 0.3 is 6.03 Å². The van der Waals surface area contributed by atoms with E-state index in [1.54, 1.807) is 0 Å². The molecule has 4 amide bonds. The molecular weight excluding hydrogens is 518 g/mol. The highest BCUT2D eigenvalue weighted by molar-refractivity contribution is 7.92. The van der Waals surface area contributed by atoms with Gasteiger partial charge in [-0.15, -0.1) is 0 Å². The van der Waals surface area contributed by atoms with E-state index in [-0.39, 0.29) is 22.2 Å². The van der Waals surface area contributed by atoms with Crippen molar-refractivity contribution in [2.24, 2.45) is 0 Å². The molecule has 1 aliphatic rings. The lowest BCUT2D eigenvalue weighted by atomic mass is 10.2. The maximum Gasteiger partial charge on any atom is 0.342 e. The van der Waals surface area contributed by atoms with Gasteiger partial charge in [0.1, 0.15) is 6.42 Å². The molecule has 0 aliphatic carbocycles. The Balaban J connectivity index is 1.36. The lowest BCUT2D eigenvalue weighted by molar-refractivity contribution is -0.126. The van der Waals surface area contributed by atoms with Crippen LogP contribution < -0.4 is 14.5 Å². The van der Waals surface area contributed by atoms with Crippen LogP contribution in [0.25, 0.3) is 11.3 Å². The van der Waals surface area contributed by atoms with E-state index in [4.69, 9.17) is 11.6 Å². The zero-order valence-electron chi connectivity index (χ0n) is 19.0. The maximum absolute atomic E-state index is 13.1. The van der Waals surface area contributed by atoms with Crippen LogP contribution in [0.3, 0.4) is 0 Å². The SMILES string of the molecule is O=C1CC(=O)N(c2ccc(S(=O)(=O)Nc3ncc(-c4ccccc4)[nH]3)cc2)C(=O)N1c1ccc(Cl)cc1. The van der Waals surface area contributed by atoms with Gasteiger partial charge in [-0.05, 0) is 54.1 Å². The van der Waals surface area contributed by atoms with Gasteiger partial charge in [0, 0.05) is 5.02 Å². The first kappa shape index (κ1) is 24.2. The maximum atomic E-state index is 13.1. The van der Waals surface area contributed by atoms with E-state index in [9.17, 15) is 22.8 Å². The molecule has 1 saturated heterocycles. The summed E-state index contributed by atoms with van der Waals surface area (Å²) in [5, 5.41) is 0.421. The second-order valence-corrected chi connectivity index (χ2v) is 10.1. The van der Waals surface area contributed by atoms with E-state index >= 15 is 0 Å². The molecule has 12 heteroatoms. The Labute approximate surface area is 216 Å². The number of benzene rings is 3. The highest BCUT2D eigenvalue weighted by Gasteiger charge is 2.39. The molecule has 2 heterocycles. The molecule has 3 aromatic carbocycles. The van der Waals surface area contributed by atoms with Crippen LogP contribution in [0.15, 0.2) is 90.0 Å². The van der Waals surface area contributed by atoms with Crippen LogP contribution in [0.1, 0.15) is 6.42 Å². The van der Waals surface area contributed by atoms with Crippen LogP contribution in [-0.4, -0.2) is 36.2 Å². The molecular formula is C25H18ClN5O5S. The van der Waals surface area contributed by atoms with E-state index in [1.165, 1.54) is 54.7 Å². The second-order valence-electron chi connectivity index (χ2n) is 8.00. The van der Waals surface area contributed by atoms with Gasteiger partial charge in [0.25, 0.3) is 10.0 Å². The third-order valence-corrected chi connectivity index (χ3v) is 7.17. The molecule has 1 aliphatic heterocycles. The number of nitrogens with one attached hydrogen (secondary N) is 2. The minimum atomic E-state index is -4.03. The number of nitrogens with zero attached hydrogens (tertiary/aromatic N) is 3. The summed E-state index contributed by atoms with van der Waals surface area (Å²) in [7, 11) is -4.03. The largest absolute Gasteiger partial charge is 0.342 e. The number of hydrogen-bond donors (Lipinski definition) is 2. The van der Waals surface area contributed by atoms with Crippen molar-refractivity contribution in [1.82, 2.24) is 9.97 Å². The zero-order chi connectivity index (χ0) is 26.2.